The molecular weight excluding hydrogens is 378 g/mol. The molecule has 0 spiro atoms. The van der Waals surface area contributed by atoms with Crippen molar-refractivity contribution in [1.29, 1.82) is 0 Å². The Morgan fingerprint density at radius 3 is 2.61 bits per heavy atom. The lowest BCUT2D eigenvalue weighted by Gasteiger charge is -2.36. The Kier molecular flexibility index (Phi) is 5.59. The first-order chi connectivity index (χ1) is 13.6. The summed E-state index contributed by atoms with van der Waals surface area (Å²) in [5, 5.41) is 3.76. The van der Waals surface area contributed by atoms with Crippen molar-refractivity contribution in [3.63, 3.8) is 0 Å². The van der Waals surface area contributed by atoms with Gasteiger partial charge in [-0.25, -0.2) is 0 Å². The Bertz CT molecular complexity index is 853. The summed E-state index contributed by atoms with van der Waals surface area (Å²) in [6.45, 7) is 6.68. The van der Waals surface area contributed by atoms with E-state index >= 15 is 0 Å². The average molecular weight is 403 g/mol. The van der Waals surface area contributed by atoms with Gasteiger partial charge in [0, 0.05) is 22.5 Å². The van der Waals surface area contributed by atoms with Gasteiger partial charge in [-0.1, -0.05) is 17.7 Å². The predicted molar refractivity (Wildman–Crippen MR) is 110 cm³/mol. The van der Waals surface area contributed by atoms with E-state index < -0.39 is 0 Å². The summed E-state index contributed by atoms with van der Waals surface area (Å²) < 4.78 is 11.1. The van der Waals surface area contributed by atoms with Crippen molar-refractivity contribution in [2.75, 3.05) is 49.6 Å². The van der Waals surface area contributed by atoms with Gasteiger partial charge >= 0.3 is 0 Å². The molecule has 1 amide bonds. The highest BCUT2D eigenvalue weighted by atomic mass is 35.5. The van der Waals surface area contributed by atoms with Crippen LogP contribution in [0.2, 0.25) is 5.02 Å². The fourth-order valence-corrected chi connectivity index (χ4v) is 3.90. The maximum absolute atomic E-state index is 12.7. The van der Waals surface area contributed by atoms with Gasteiger partial charge in [-0.15, -0.1) is 0 Å². The van der Waals surface area contributed by atoms with Gasteiger partial charge in [-0.05, 0) is 37.3 Å². The molecule has 0 aromatic heterocycles. The number of carbonyl (C=O) groups excluding carboxylic acids is 1. The molecule has 6 nitrogen and oxygen atoms in total. The lowest BCUT2D eigenvalue weighted by atomic mass is 10.2. The third kappa shape index (κ3) is 4.18. The summed E-state index contributed by atoms with van der Waals surface area (Å²) in [5.74, 6) is 1.42. The van der Waals surface area contributed by atoms with Crippen LogP contribution in [0.5, 0.6) is 11.5 Å². The Hall–Kier alpha value is -2.44. The number of hydrogen-bond donors (Lipinski definition) is 2. The highest BCUT2D eigenvalue weighted by molar-refractivity contribution is 6.30. The van der Waals surface area contributed by atoms with E-state index in [1.807, 2.05) is 43.3 Å². The fraction of sp³-hybridized carbons (Fsp3) is 0.381. The van der Waals surface area contributed by atoms with Crippen LogP contribution in [-0.4, -0.2) is 51.3 Å². The highest BCUT2D eigenvalue weighted by Gasteiger charge is 2.29. The zero-order valence-electron chi connectivity index (χ0n) is 15.9. The topological polar surface area (TPSA) is 55.2 Å². The number of ether oxygens (including phenoxy) is 2. The SMILES string of the molecule is C[C@H](C(=O)Nc1ccc2c(c1)OCCO2)[NH+]1CCN(c2cccc(Cl)c2)CC1. The van der Waals surface area contributed by atoms with Gasteiger partial charge < -0.3 is 24.6 Å². The van der Waals surface area contributed by atoms with E-state index in [0.717, 1.165) is 48.3 Å². The minimum Gasteiger partial charge on any atom is -0.486 e. The van der Waals surface area contributed by atoms with Crippen molar-refractivity contribution < 1.29 is 19.2 Å². The number of rotatable bonds is 4. The summed E-state index contributed by atoms with van der Waals surface area (Å²) in [7, 11) is 0. The largest absolute Gasteiger partial charge is 0.486 e. The zero-order valence-corrected chi connectivity index (χ0v) is 16.7. The monoisotopic (exact) mass is 402 g/mol. The molecule has 2 aromatic rings. The molecule has 2 aliphatic rings. The highest BCUT2D eigenvalue weighted by Crippen LogP contribution is 2.32. The lowest BCUT2D eigenvalue weighted by Crippen LogP contribution is -3.19. The Labute approximate surface area is 170 Å². The third-order valence-electron chi connectivity index (χ3n) is 5.39. The molecule has 1 atom stereocenters. The van der Waals surface area contributed by atoms with E-state index in [0.29, 0.717) is 19.0 Å². The average Bonchev–Trinajstić information content (AvgIpc) is 2.73. The molecule has 0 saturated carbocycles. The molecule has 0 bridgehead atoms. The van der Waals surface area contributed by atoms with Crippen molar-refractivity contribution in [1.82, 2.24) is 0 Å². The molecule has 7 heteroatoms. The number of benzene rings is 2. The number of nitrogens with one attached hydrogen (secondary N) is 2. The third-order valence-corrected chi connectivity index (χ3v) is 5.63. The Morgan fingerprint density at radius 2 is 1.86 bits per heavy atom. The number of hydrogen-bond acceptors (Lipinski definition) is 4. The van der Waals surface area contributed by atoms with E-state index in [2.05, 4.69) is 16.3 Å². The predicted octanol–water partition coefficient (Wildman–Crippen LogP) is 1.84. The quantitative estimate of drug-likeness (QED) is 0.819. The summed E-state index contributed by atoms with van der Waals surface area (Å²) in [4.78, 5) is 16.3. The maximum atomic E-state index is 12.7. The van der Waals surface area contributed by atoms with Gasteiger partial charge in [-0.3, -0.25) is 4.79 Å². The van der Waals surface area contributed by atoms with Crippen molar-refractivity contribution in [2.24, 2.45) is 0 Å². The molecule has 2 aromatic carbocycles. The van der Waals surface area contributed by atoms with Gasteiger partial charge in [-0.2, -0.15) is 0 Å². The fourth-order valence-electron chi connectivity index (χ4n) is 3.71. The standard InChI is InChI=1S/C21H24ClN3O3/c1-15(21(26)23-17-5-6-19-20(14-17)28-12-11-27-19)24-7-9-25(10-8-24)18-4-2-3-16(22)13-18/h2-6,13-15H,7-12H2,1H3,(H,23,26)/p+1/t15-/m1/s1. The van der Waals surface area contributed by atoms with Crippen LogP contribution in [0.4, 0.5) is 11.4 Å². The van der Waals surface area contributed by atoms with E-state index in [4.69, 9.17) is 21.1 Å². The normalized spacial score (nSPS) is 17.9. The Balaban J connectivity index is 1.33. The molecule has 2 aliphatic heterocycles. The molecule has 1 saturated heterocycles. The first kappa shape index (κ1) is 18.9. The maximum Gasteiger partial charge on any atom is 0.282 e. The number of anilines is 2. The molecular formula is C21H25ClN3O3+. The molecule has 148 valence electrons. The summed E-state index contributed by atoms with van der Waals surface area (Å²) in [6, 6.07) is 13.3. The molecule has 28 heavy (non-hydrogen) atoms. The second kappa shape index (κ2) is 8.29. The number of carbonyl (C=O) groups is 1. The lowest BCUT2D eigenvalue weighted by molar-refractivity contribution is -0.914. The van der Waals surface area contributed by atoms with Crippen LogP contribution >= 0.6 is 11.6 Å². The molecule has 0 aliphatic carbocycles. The first-order valence-corrected chi connectivity index (χ1v) is 10.0. The second-order valence-corrected chi connectivity index (χ2v) is 7.63. The van der Waals surface area contributed by atoms with Gasteiger partial charge in [0.15, 0.2) is 17.5 Å². The minimum atomic E-state index is -0.130. The number of piperazine rings is 1. The minimum absolute atomic E-state index is 0.0166. The number of quaternary nitrogens is 1. The second-order valence-electron chi connectivity index (χ2n) is 7.19. The van der Waals surface area contributed by atoms with Crippen LogP contribution in [0.3, 0.4) is 0 Å². The van der Waals surface area contributed by atoms with Gasteiger partial charge in [0.1, 0.15) is 13.2 Å². The van der Waals surface area contributed by atoms with Crippen molar-refractivity contribution in [3.8, 4) is 11.5 Å². The summed E-state index contributed by atoms with van der Waals surface area (Å²) in [6.07, 6.45) is 0. The number of amides is 1. The molecule has 2 N–H and O–H groups in total. The smallest absolute Gasteiger partial charge is 0.282 e. The number of nitrogens with zero attached hydrogens (tertiary/aromatic N) is 1. The van der Waals surface area contributed by atoms with E-state index in [-0.39, 0.29) is 11.9 Å². The van der Waals surface area contributed by atoms with Crippen LogP contribution in [0, 0.1) is 0 Å². The van der Waals surface area contributed by atoms with Crippen LogP contribution in [0.15, 0.2) is 42.5 Å². The zero-order chi connectivity index (χ0) is 19.5. The van der Waals surface area contributed by atoms with Crippen LogP contribution < -0.4 is 24.6 Å². The molecule has 1 fully saturated rings. The van der Waals surface area contributed by atoms with Gasteiger partial charge in [0.25, 0.3) is 5.91 Å². The molecule has 0 unspecified atom stereocenters. The van der Waals surface area contributed by atoms with E-state index in [9.17, 15) is 4.79 Å². The first-order valence-electron chi connectivity index (χ1n) is 9.66. The van der Waals surface area contributed by atoms with Gasteiger partial charge in [0.2, 0.25) is 0 Å². The molecule has 4 rings (SSSR count). The molecule has 0 radical (unpaired) electrons. The van der Waals surface area contributed by atoms with Crippen molar-refractivity contribution in [2.45, 2.75) is 13.0 Å². The van der Waals surface area contributed by atoms with Crippen LogP contribution in [0.25, 0.3) is 0 Å². The number of halogens is 1. The van der Waals surface area contributed by atoms with E-state index in [1.54, 1.807) is 0 Å². The number of fused-ring (bicyclic) bond motifs is 1. The Morgan fingerprint density at radius 1 is 1.11 bits per heavy atom. The summed E-state index contributed by atoms with van der Waals surface area (Å²) >= 11 is 6.10. The van der Waals surface area contributed by atoms with E-state index in [1.165, 1.54) is 4.90 Å². The van der Waals surface area contributed by atoms with Crippen LogP contribution in [-0.2, 0) is 4.79 Å². The van der Waals surface area contributed by atoms with Gasteiger partial charge in [0.05, 0.1) is 26.2 Å². The summed E-state index contributed by atoms with van der Waals surface area (Å²) in [5.41, 5.74) is 1.87. The molecule has 2 heterocycles. The van der Waals surface area contributed by atoms with Crippen molar-refractivity contribution >= 4 is 28.9 Å². The van der Waals surface area contributed by atoms with Crippen LogP contribution in [0.1, 0.15) is 6.92 Å². The van der Waals surface area contributed by atoms with Crippen molar-refractivity contribution in [3.05, 3.63) is 47.5 Å².